The molecule has 0 fully saturated rings. The quantitative estimate of drug-likeness (QED) is 0.732. The highest BCUT2D eigenvalue weighted by Crippen LogP contribution is 2.19. The van der Waals surface area contributed by atoms with Gasteiger partial charge in [-0.2, -0.15) is 4.98 Å². The maximum Gasteiger partial charge on any atom is 0.229 e. The standard InChI is InChI=1S/C14H13N5/c1-9-7-13(15)19-14(17-9)18-11-4-5-12-10(8-11)3-2-6-16-12/h2-8H,1H3,(H3,15,17,18,19). The van der Waals surface area contributed by atoms with E-state index in [4.69, 9.17) is 5.73 Å². The summed E-state index contributed by atoms with van der Waals surface area (Å²) in [6, 6.07) is 11.6. The van der Waals surface area contributed by atoms with Crippen LogP contribution in [0.15, 0.2) is 42.6 Å². The highest BCUT2D eigenvalue weighted by Gasteiger charge is 2.02. The number of hydrogen-bond acceptors (Lipinski definition) is 5. The Bertz CT molecular complexity index is 718. The molecule has 0 aliphatic heterocycles. The van der Waals surface area contributed by atoms with Gasteiger partial charge in [-0.05, 0) is 31.2 Å². The molecular weight excluding hydrogens is 238 g/mol. The Morgan fingerprint density at radius 2 is 2.00 bits per heavy atom. The van der Waals surface area contributed by atoms with Gasteiger partial charge < -0.3 is 11.1 Å². The number of nitrogen functional groups attached to an aromatic ring is 1. The second-order valence-corrected chi connectivity index (χ2v) is 4.29. The Balaban J connectivity index is 1.96. The average Bonchev–Trinajstić information content (AvgIpc) is 2.37. The van der Waals surface area contributed by atoms with Crippen LogP contribution >= 0.6 is 0 Å². The minimum absolute atomic E-state index is 0.456. The predicted molar refractivity (Wildman–Crippen MR) is 76.2 cm³/mol. The molecule has 5 nitrogen and oxygen atoms in total. The largest absolute Gasteiger partial charge is 0.384 e. The highest BCUT2D eigenvalue weighted by molar-refractivity contribution is 5.82. The van der Waals surface area contributed by atoms with Gasteiger partial charge in [0.15, 0.2) is 0 Å². The number of anilines is 3. The molecule has 3 aromatic rings. The van der Waals surface area contributed by atoms with Crippen molar-refractivity contribution in [3.05, 3.63) is 48.3 Å². The lowest BCUT2D eigenvalue weighted by molar-refractivity contribution is 1.11. The molecule has 0 atom stereocenters. The van der Waals surface area contributed by atoms with Gasteiger partial charge in [-0.15, -0.1) is 0 Å². The molecule has 2 heterocycles. The topological polar surface area (TPSA) is 76.7 Å². The first-order valence-electron chi connectivity index (χ1n) is 5.94. The molecule has 3 rings (SSSR count). The van der Waals surface area contributed by atoms with E-state index in [-0.39, 0.29) is 0 Å². The van der Waals surface area contributed by atoms with E-state index in [0.717, 1.165) is 22.3 Å². The van der Waals surface area contributed by atoms with Crippen LogP contribution in [-0.4, -0.2) is 15.0 Å². The van der Waals surface area contributed by atoms with Crippen molar-refractivity contribution >= 4 is 28.4 Å². The van der Waals surface area contributed by atoms with Gasteiger partial charge in [-0.1, -0.05) is 6.07 Å². The first-order chi connectivity index (χ1) is 9.20. The average molecular weight is 251 g/mol. The number of benzene rings is 1. The number of pyridine rings is 1. The monoisotopic (exact) mass is 251 g/mol. The Kier molecular flexibility index (Phi) is 2.72. The molecule has 0 saturated carbocycles. The van der Waals surface area contributed by atoms with Crippen LogP contribution in [0, 0.1) is 6.92 Å². The summed E-state index contributed by atoms with van der Waals surface area (Å²) in [7, 11) is 0. The smallest absolute Gasteiger partial charge is 0.229 e. The summed E-state index contributed by atoms with van der Waals surface area (Å²) in [5.41, 5.74) is 8.40. The van der Waals surface area contributed by atoms with Crippen molar-refractivity contribution in [1.29, 1.82) is 0 Å². The first kappa shape index (κ1) is 11.4. The second kappa shape index (κ2) is 4.53. The number of nitrogens with one attached hydrogen (secondary N) is 1. The number of hydrogen-bond donors (Lipinski definition) is 2. The molecule has 5 heteroatoms. The van der Waals surface area contributed by atoms with Crippen LogP contribution in [0.25, 0.3) is 10.9 Å². The van der Waals surface area contributed by atoms with Crippen molar-refractivity contribution in [1.82, 2.24) is 15.0 Å². The number of aromatic nitrogens is 3. The first-order valence-corrected chi connectivity index (χ1v) is 5.94. The molecule has 1 aromatic carbocycles. The zero-order valence-electron chi connectivity index (χ0n) is 10.5. The third-order valence-electron chi connectivity index (χ3n) is 2.73. The molecule has 0 saturated heterocycles. The van der Waals surface area contributed by atoms with Crippen LogP contribution < -0.4 is 11.1 Å². The van der Waals surface area contributed by atoms with Crippen molar-refractivity contribution < 1.29 is 0 Å². The maximum absolute atomic E-state index is 5.70. The lowest BCUT2D eigenvalue weighted by Crippen LogP contribution is -2.01. The number of aryl methyl sites for hydroxylation is 1. The van der Waals surface area contributed by atoms with Gasteiger partial charge in [-0.25, -0.2) is 4.98 Å². The predicted octanol–water partition coefficient (Wildman–Crippen LogP) is 2.66. The zero-order valence-corrected chi connectivity index (χ0v) is 10.5. The number of rotatable bonds is 2. The molecule has 0 aliphatic carbocycles. The molecule has 0 radical (unpaired) electrons. The van der Waals surface area contributed by atoms with Gasteiger partial charge in [0, 0.05) is 29.0 Å². The maximum atomic E-state index is 5.70. The van der Waals surface area contributed by atoms with Crippen molar-refractivity contribution in [2.75, 3.05) is 11.1 Å². The Hall–Kier alpha value is -2.69. The van der Waals surface area contributed by atoms with E-state index in [9.17, 15) is 0 Å². The van der Waals surface area contributed by atoms with Crippen molar-refractivity contribution in [3.63, 3.8) is 0 Å². The molecule has 3 N–H and O–H groups in total. The minimum Gasteiger partial charge on any atom is -0.384 e. The van der Waals surface area contributed by atoms with Crippen LogP contribution in [0.4, 0.5) is 17.5 Å². The molecule has 0 aliphatic rings. The van der Waals surface area contributed by atoms with Crippen molar-refractivity contribution in [3.8, 4) is 0 Å². The van der Waals surface area contributed by atoms with E-state index in [1.807, 2.05) is 37.3 Å². The summed E-state index contributed by atoms with van der Waals surface area (Å²) < 4.78 is 0. The van der Waals surface area contributed by atoms with Crippen molar-refractivity contribution in [2.45, 2.75) is 6.92 Å². The van der Waals surface area contributed by atoms with Gasteiger partial charge >= 0.3 is 0 Å². The Labute approximate surface area is 110 Å². The van der Waals surface area contributed by atoms with E-state index in [1.54, 1.807) is 12.3 Å². The Morgan fingerprint density at radius 1 is 1.11 bits per heavy atom. The molecular formula is C14H13N5. The normalized spacial score (nSPS) is 10.6. The third kappa shape index (κ3) is 2.44. The van der Waals surface area contributed by atoms with Gasteiger partial charge in [0.25, 0.3) is 0 Å². The summed E-state index contributed by atoms with van der Waals surface area (Å²) in [5, 5.41) is 4.21. The van der Waals surface area contributed by atoms with Gasteiger partial charge in [0.1, 0.15) is 5.82 Å². The molecule has 19 heavy (non-hydrogen) atoms. The van der Waals surface area contributed by atoms with Crippen molar-refractivity contribution in [2.24, 2.45) is 0 Å². The molecule has 2 aromatic heterocycles. The molecule has 0 spiro atoms. The summed E-state index contributed by atoms with van der Waals surface area (Å²) in [6.45, 7) is 1.88. The van der Waals surface area contributed by atoms with E-state index in [0.29, 0.717) is 11.8 Å². The minimum atomic E-state index is 0.456. The second-order valence-electron chi connectivity index (χ2n) is 4.29. The Morgan fingerprint density at radius 3 is 2.84 bits per heavy atom. The van der Waals surface area contributed by atoms with E-state index in [2.05, 4.69) is 20.3 Å². The molecule has 94 valence electrons. The van der Waals surface area contributed by atoms with Crippen LogP contribution in [0.2, 0.25) is 0 Å². The van der Waals surface area contributed by atoms with E-state index >= 15 is 0 Å². The zero-order chi connectivity index (χ0) is 13.2. The fraction of sp³-hybridized carbons (Fsp3) is 0.0714. The SMILES string of the molecule is Cc1cc(N)nc(Nc2ccc3ncccc3c2)n1. The van der Waals surface area contributed by atoms with Crippen LogP contribution in [0.3, 0.4) is 0 Å². The number of nitrogens with zero attached hydrogens (tertiary/aromatic N) is 3. The molecule has 0 unspecified atom stereocenters. The summed E-state index contributed by atoms with van der Waals surface area (Å²) in [4.78, 5) is 12.7. The van der Waals surface area contributed by atoms with Gasteiger partial charge in [0.2, 0.25) is 5.95 Å². The number of nitrogens with two attached hydrogens (primary N) is 1. The van der Waals surface area contributed by atoms with Crippen LogP contribution in [0.1, 0.15) is 5.69 Å². The van der Waals surface area contributed by atoms with E-state index < -0.39 is 0 Å². The van der Waals surface area contributed by atoms with Crippen LogP contribution in [0.5, 0.6) is 0 Å². The summed E-state index contributed by atoms with van der Waals surface area (Å²) >= 11 is 0. The van der Waals surface area contributed by atoms with Crippen LogP contribution in [-0.2, 0) is 0 Å². The lowest BCUT2D eigenvalue weighted by Gasteiger charge is -2.07. The fourth-order valence-electron chi connectivity index (χ4n) is 1.93. The number of fused-ring (bicyclic) bond motifs is 1. The fourth-order valence-corrected chi connectivity index (χ4v) is 1.93. The highest BCUT2D eigenvalue weighted by atomic mass is 15.1. The third-order valence-corrected chi connectivity index (χ3v) is 2.73. The van der Waals surface area contributed by atoms with E-state index in [1.165, 1.54) is 0 Å². The summed E-state index contributed by atoms with van der Waals surface area (Å²) in [6.07, 6.45) is 1.78. The molecule has 0 amide bonds. The van der Waals surface area contributed by atoms with Gasteiger partial charge in [0.05, 0.1) is 5.52 Å². The lowest BCUT2D eigenvalue weighted by atomic mass is 10.2. The molecule has 0 bridgehead atoms. The summed E-state index contributed by atoms with van der Waals surface area (Å²) in [5.74, 6) is 0.957. The van der Waals surface area contributed by atoms with Gasteiger partial charge in [-0.3, -0.25) is 4.98 Å².